The van der Waals surface area contributed by atoms with Gasteiger partial charge in [0, 0.05) is 13.2 Å². The number of carbonyl (C=O) groups excluding carboxylic acids is 1. The predicted octanol–water partition coefficient (Wildman–Crippen LogP) is 2.85. The molecule has 2 unspecified atom stereocenters. The maximum atomic E-state index is 13.5. The van der Waals surface area contributed by atoms with E-state index in [-0.39, 0.29) is 12.0 Å². The van der Waals surface area contributed by atoms with Gasteiger partial charge in [-0.05, 0) is 62.8 Å². The monoisotopic (exact) mass is 437 g/mol. The Balaban J connectivity index is 1.70. The molecular formula is C20H27N3O4S2. The van der Waals surface area contributed by atoms with Crippen molar-refractivity contribution in [3.8, 4) is 0 Å². The molecule has 3 heterocycles. The molecule has 4 rings (SSSR count). The number of rotatable bonds is 5. The van der Waals surface area contributed by atoms with Gasteiger partial charge in [-0.1, -0.05) is 11.3 Å². The largest absolute Gasteiger partial charge is 0.376 e. The molecule has 1 aromatic carbocycles. The summed E-state index contributed by atoms with van der Waals surface area (Å²) in [4.78, 5) is 19.9. The number of anilines is 1. The van der Waals surface area contributed by atoms with E-state index in [2.05, 4.69) is 13.0 Å². The molecule has 0 saturated carbocycles. The van der Waals surface area contributed by atoms with Crippen molar-refractivity contribution in [2.45, 2.75) is 51.7 Å². The molecule has 2 fully saturated rings. The molecule has 2 aliphatic rings. The number of ether oxygens (including phenoxy) is 1. The van der Waals surface area contributed by atoms with Gasteiger partial charge in [0.25, 0.3) is 0 Å². The van der Waals surface area contributed by atoms with Crippen LogP contribution >= 0.6 is 11.3 Å². The van der Waals surface area contributed by atoms with Crippen molar-refractivity contribution in [2.75, 3.05) is 30.9 Å². The summed E-state index contributed by atoms with van der Waals surface area (Å²) in [5.41, 5.74) is 3.21. The van der Waals surface area contributed by atoms with Gasteiger partial charge in [0.2, 0.25) is 15.9 Å². The maximum absolute atomic E-state index is 13.5. The van der Waals surface area contributed by atoms with Crippen LogP contribution in [0.4, 0.5) is 5.13 Å². The van der Waals surface area contributed by atoms with E-state index in [1.165, 1.54) is 27.5 Å². The van der Waals surface area contributed by atoms with Crippen LogP contribution < -0.4 is 4.90 Å². The van der Waals surface area contributed by atoms with Gasteiger partial charge in [0.1, 0.15) is 6.04 Å². The van der Waals surface area contributed by atoms with Crippen LogP contribution in [0.5, 0.6) is 0 Å². The molecule has 2 aromatic rings. The highest BCUT2D eigenvalue weighted by Gasteiger charge is 2.40. The number of hydrogen-bond donors (Lipinski definition) is 0. The smallest absolute Gasteiger partial charge is 0.247 e. The van der Waals surface area contributed by atoms with Crippen molar-refractivity contribution >= 4 is 42.6 Å². The molecular weight excluding hydrogens is 410 g/mol. The first-order chi connectivity index (χ1) is 13.7. The van der Waals surface area contributed by atoms with E-state index in [9.17, 15) is 13.2 Å². The average Bonchev–Trinajstić information content (AvgIpc) is 3.39. The second-order valence-electron chi connectivity index (χ2n) is 8.02. The second kappa shape index (κ2) is 7.94. The lowest BCUT2D eigenvalue weighted by Gasteiger charge is -2.29. The molecule has 0 radical (unpaired) electrons. The van der Waals surface area contributed by atoms with Crippen LogP contribution in [0.1, 0.15) is 36.8 Å². The Bertz CT molecular complexity index is 989. The standard InChI is InChI=1S/C20H27N3O4S2/c1-13-10-16-18(11-14(13)2)28-20(21-16)22(12-15-6-5-9-27-15)19(24)17-7-4-8-23(17)29(3,25)26/h10-11,15,17H,4-9,12H2,1-3H3. The minimum Gasteiger partial charge on any atom is -0.376 e. The molecule has 2 atom stereocenters. The zero-order valence-electron chi connectivity index (χ0n) is 17.1. The summed E-state index contributed by atoms with van der Waals surface area (Å²) in [7, 11) is -3.44. The first kappa shape index (κ1) is 20.7. The van der Waals surface area contributed by atoms with E-state index in [0.29, 0.717) is 37.7 Å². The predicted molar refractivity (Wildman–Crippen MR) is 115 cm³/mol. The number of benzene rings is 1. The fourth-order valence-electron chi connectivity index (χ4n) is 4.10. The van der Waals surface area contributed by atoms with Crippen LogP contribution in [0.25, 0.3) is 10.2 Å². The SMILES string of the molecule is Cc1cc2nc(N(CC3CCCO3)C(=O)C3CCCN3S(C)(=O)=O)sc2cc1C. The number of thiazole rings is 1. The van der Waals surface area contributed by atoms with Crippen molar-refractivity contribution in [3.05, 3.63) is 23.3 Å². The summed E-state index contributed by atoms with van der Waals surface area (Å²) in [5.74, 6) is -0.198. The lowest BCUT2D eigenvalue weighted by Crippen LogP contribution is -2.49. The third kappa shape index (κ3) is 4.19. The fraction of sp³-hybridized carbons (Fsp3) is 0.600. The van der Waals surface area contributed by atoms with Gasteiger partial charge < -0.3 is 4.74 Å². The minimum atomic E-state index is -3.44. The van der Waals surface area contributed by atoms with Gasteiger partial charge in [-0.15, -0.1) is 0 Å². The Morgan fingerprint density at radius 2 is 2.03 bits per heavy atom. The summed E-state index contributed by atoms with van der Waals surface area (Å²) in [5, 5.41) is 0.617. The number of nitrogens with zero attached hydrogens (tertiary/aromatic N) is 3. The van der Waals surface area contributed by atoms with Crippen molar-refractivity contribution in [1.82, 2.24) is 9.29 Å². The number of carbonyl (C=O) groups is 1. The van der Waals surface area contributed by atoms with E-state index in [4.69, 9.17) is 9.72 Å². The van der Waals surface area contributed by atoms with Gasteiger partial charge in [-0.3, -0.25) is 9.69 Å². The quantitative estimate of drug-likeness (QED) is 0.719. The molecule has 2 saturated heterocycles. The molecule has 158 valence electrons. The average molecular weight is 438 g/mol. The van der Waals surface area contributed by atoms with Crippen molar-refractivity contribution in [1.29, 1.82) is 0 Å². The van der Waals surface area contributed by atoms with E-state index in [1.54, 1.807) is 4.90 Å². The zero-order valence-corrected chi connectivity index (χ0v) is 18.7. The van der Waals surface area contributed by atoms with Crippen LogP contribution in [0, 0.1) is 13.8 Å². The lowest BCUT2D eigenvalue weighted by atomic mass is 10.1. The number of sulfonamides is 1. The first-order valence-corrected chi connectivity index (χ1v) is 12.7. The molecule has 1 aromatic heterocycles. The Morgan fingerprint density at radius 1 is 1.28 bits per heavy atom. The van der Waals surface area contributed by atoms with Crippen LogP contribution in [0.2, 0.25) is 0 Å². The number of aryl methyl sites for hydroxylation is 2. The summed E-state index contributed by atoms with van der Waals surface area (Å²) in [6, 6.07) is 3.47. The van der Waals surface area contributed by atoms with Gasteiger partial charge in [-0.25, -0.2) is 13.4 Å². The molecule has 2 aliphatic heterocycles. The van der Waals surface area contributed by atoms with Gasteiger partial charge in [0.15, 0.2) is 5.13 Å². The van der Waals surface area contributed by atoms with Crippen molar-refractivity contribution in [3.63, 3.8) is 0 Å². The molecule has 9 heteroatoms. The lowest BCUT2D eigenvalue weighted by molar-refractivity contribution is -0.122. The summed E-state index contributed by atoms with van der Waals surface area (Å²) >= 11 is 1.48. The van der Waals surface area contributed by atoms with Crippen LogP contribution in [0.15, 0.2) is 12.1 Å². The van der Waals surface area contributed by atoms with E-state index in [1.807, 2.05) is 13.0 Å². The number of amides is 1. The highest BCUT2D eigenvalue weighted by molar-refractivity contribution is 7.88. The minimum absolute atomic E-state index is 0.0393. The molecule has 0 N–H and O–H groups in total. The normalized spacial score (nSPS) is 23.1. The molecule has 0 bridgehead atoms. The topological polar surface area (TPSA) is 79.8 Å². The Hall–Kier alpha value is -1.55. The van der Waals surface area contributed by atoms with Gasteiger partial charge >= 0.3 is 0 Å². The number of aromatic nitrogens is 1. The first-order valence-electron chi connectivity index (χ1n) is 10.0. The molecule has 0 spiro atoms. The highest BCUT2D eigenvalue weighted by atomic mass is 32.2. The maximum Gasteiger partial charge on any atom is 0.247 e. The van der Waals surface area contributed by atoms with Crippen LogP contribution in [0.3, 0.4) is 0 Å². The fourth-order valence-corrected chi connectivity index (χ4v) is 6.28. The highest BCUT2D eigenvalue weighted by Crippen LogP contribution is 2.33. The van der Waals surface area contributed by atoms with Crippen molar-refractivity contribution < 1.29 is 17.9 Å². The van der Waals surface area contributed by atoms with Gasteiger partial charge in [0.05, 0.1) is 29.1 Å². The third-order valence-electron chi connectivity index (χ3n) is 5.81. The Labute approximate surface area is 175 Å². The van der Waals surface area contributed by atoms with Gasteiger partial charge in [-0.2, -0.15) is 4.31 Å². The van der Waals surface area contributed by atoms with E-state index in [0.717, 1.165) is 28.6 Å². The second-order valence-corrected chi connectivity index (χ2v) is 11.0. The molecule has 0 aliphatic carbocycles. The summed E-state index contributed by atoms with van der Waals surface area (Å²) in [6.07, 6.45) is 4.23. The van der Waals surface area contributed by atoms with Crippen LogP contribution in [-0.2, 0) is 19.6 Å². The summed E-state index contributed by atoms with van der Waals surface area (Å²) < 4.78 is 32.5. The van der Waals surface area contributed by atoms with E-state index >= 15 is 0 Å². The number of hydrogen-bond acceptors (Lipinski definition) is 6. The third-order valence-corrected chi connectivity index (χ3v) is 8.14. The van der Waals surface area contributed by atoms with E-state index < -0.39 is 16.1 Å². The Kier molecular flexibility index (Phi) is 5.67. The zero-order chi connectivity index (χ0) is 20.8. The molecule has 1 amide bonds. The Morgan fingerprint density at radius 3 is 2.72 bits per heavy atom. The molecule has 7 nitrogen and oxygen atoms in total. The van der Waals surface area contributed by atoms with Crippen molar-refractivity contribution in [2.24, 2.45) is 0 Å². The number of fused-ring (bicyclic) bond motifs is 1. The summed E-state index contributed by atoms with van der Waals surface area (Å²) in [6.45, 7) is 5.60. The van der Waals surface area contributed by atoms with Crippen LogP contribution in [-0.4, -0.2) is 61.7 Å². The molecule has 29 heavy (non-hydrogen) atoms.